The number of rotatable bonds is 7. The third kappa shape index (κ3) is 6.47. The first-order chi connectivity index (χ1) is 13.8. The van der Waals surface area contributed by atoms with E-state index in [2.05, 4.69) is 16.2 Å². The van der Waals surface area contributed by atoms with Crippen LogP contribution in [-0.4, -0.2) is 35.9 Å². The highest BCUT2D eigenvalue weighted by Crippen LogP contribution is 2.39. The molecule has 0 radical (unpaired) electrons. The maximum Gasteiger partial charge on any atom is 0.314 e. The summed E-state index contributed by atoms with van der Waals surface area (Å²) in [6, 6.07) is 8.20. The van der Waals surface area contributed by atoms with Gasteiger partial charge >= 0.3 is 5.69 Å². The fraction of sp³-hybridized carbons (Fsp3) is 0.176. The van der Waals surface area contributed by atoms with Crippen LogP contribution in [0.1, 0.15) is 0 Å². The summed E-state index contributed by atoms with van der Waals surface area (Å²) >= 11 is 6.14. The number of amides is 1. The molecule has 0 unspecified atom stereocenters. The Bertz CT molecular complexity index is 911. The minimum atomic E-state index is -0.582. The molecule has 0 aliphatic heterocycles. The van der Waals surface area contributed by atoms with E-state index in [1.165, 1.54) is 50.6 Å². The van der Waals surface area contributed by atoms with Crippen LogP contribution in [0.3, 0.4) is 0 Å². The summed E-state index contributed by atoms with van der Waals surface area (Å²) in [5.41, 5.74) is 5.25. The molecule has 2 aromatic rings. The Morgan fingerprint density at radius 2 is 1.83 bits per heavy atom. The molecule has 3 N–H and O–H groups in total. The van der Waals surface area contributed by atoms with Gasteiger partial charge in [0, 0.05) is 11.8 Å². The van der Waals surface area contributed by atoms with E-state index in [4.69, 9.17) is 21.7 Å². The lowest BCUT2D eigenvalue weighted by Gasteiger charge is -2.13. The molecule has 29 heavy (non-hydrogen) atoms. The number of hydrogen-bond donors (Lipinski definition) is 3. The van der Waals surface area contributed by atoms with Crippen molar-refractivity contribution in [2.45, 2.75) is 4.90 Å². The van der Waals surface area contributed by atoms with Crippen LogP contribution in [0.5, 0.6) is 11.5 Å². The topological polar surface area (TPSA) is 115 Å². The van der Waals surface area contributed by atoms with E-state index < -0.39 is 10.8 Å². The summed E-state index contributed by atoms with van der Waals surface area (Å²) < 4.78 is 23.1. The minimum absolute atomic E-state index is 0.0243. The maximum atomic E-state index is 12.9. The maximum absolute atomic E-state index is 12.9. The number of nitrogens with zero attached hydrogens (tertiary/aromatic N) is 1. The van der Waals surface area contributed by atoms with Gasteiger partial charge in [-0.3, -0.25) is 25.8 Å². The van der Waals surface area contributed by atoms with E-state index in [9.17, 15) is 19.3 Å². The number of methoxy groups -OCH3 is 2. The van der Waals surface area contributed by atoms with Gasteiger partial charge in [-0.15, -0.1) is 11.8 Å². The van der Waals surface area contributed by atoms with Crippen LogP contribution in [0.15, 0.2) is 41.3 Å². The monoisotopic (exact) mass is 440 g/mol. The van der Waals surface area contributed by atoms with E-state index >= 15 is 0 Å². The van der Waals surface area contributed by atoms with Gasteiger partial charge in [0.2, 0.25) is 5.91 Å². The molecule has 12 heteroatoms. The number of halogens is 1. The fourth-order valence-electron chi connectivity index (χ4n) is 2.11. The zero-order chi connectivity index (χ0) is 21.4. The van der Waals surface area contributed by atoms with Crippen LogP contribution in [0, 0.1) is 15.9 Å². The fourth-order valence-corrected chi connectivity index (χ4v) is 3.11. The lowest BCUT2D eigenvalue weighted by Crippen LogP contribution is -2.44. The van der Waals surface area contributed by atoms with Crippen LogP contribution >= 0.6 is 24.0 Å². The first kappa shape index (κ1) is 22.2. The molecule has 9 nitrogen and oxygen atoms in total. The second-order valence-corrected chi connectivity index (χ2v) is 6.78. The number of hydrazine groups is 1. The number of benzene rings is 2. The average Bonchev–Trinajstić information content (AvgIpc) is 2.71. The van der Waals surface area contributed by atoms with Gasteiger partial charge in [-0.25, -0.2) is 4.39 Å². The molecule has 0 aliphatic rings. The third-order valence-electron chi connectivity index (χ3n) is 3.44. The molecule has 0 saturated carbocycles. The van der Waals surface area contributed by atoms with Crippen LogP contribution in [0.2, 0.25) is 0 Å². The molecule has 1 amide bonds. The van der Waals surface area contributed by atoms with Crippen molar-refractivity contribution in [2.75, 3.05) is 25.3 Å². The molecule has 0 aromatic heterocycles. The number of thioether (sulfide) groups is 1. The highest BCUT2D eigenvalue weighted by molar-refractivity contribution is 8.00. The molecule has 0 saturated heterocycles. The summed E-state index contributed by atoms with van der Waals surface area (Å²) in [6.45, 7) is 0. The highest BCUT2D eigenvalue weighted by atomic mass is 32.2. The van der Waals surface area contributed by atoms with E-state index in [1.807, 2.05) is 0 Å². The minimum Gasteiger partial charge on any atom is -0.495 e. The second-order valence-electron chi connectivity index (χ2n) is 5.35. The summed E-state index contributed by atoms with van der Waals surface area (Å²) in [4.78, 5) is 23.0. The quantitative estimate of drug-likeness (QED) is 0.259. The van der Waals surface area contributed by atoms with Crippen LogP contribution in [0.4, 0.5) is 15.8 Å². The zero-order valence-electron chi connectivity index (χ0n) is 15.4. The number of ether oxygens (including phenoxy) is 2. The van der Waals surface area contributed by atoms with E-state index in [-0.39, 0.29) is 33.9 Å². The molecule has 0 spiro atoms. The van der Waals surface area contributed by atoms with Crippen molar-refractivity contribution in [1.29, 1.82) is 0 Å². The average molecular weight is 440 g/mol. The summed E-state index contributed by atoms with van der Waals surface area (Å²) in [5, 5.41) is 14.0. The first-order valence-electron chi connectivity index (χ1n) is 7.98. The predicted octanol–water partition coefficient (Wildman–Crippen LogP) is 2.86. The van der Waals surface area contributed by atoms with Gasteiger partial charge in [0.15, 0.2) is 10.9 Å². The highest BCUT2D eigenvalue weighted by Gasteiger charge is 2.20. The van der Waals surface area contributed by atoms with Crippen molar-refractivity contribution in [2.24, 2.45) is 0 Å². The first-order valence-corrected chi connectivity index (χ1v) is 9.38. The third-order valence-corrected chi connectivity index (χ3v) is 4.68. The number of nitro benzene ring substituents is 1. The molecular formula is C17H17FN4O5S2. The van der Waals surface area contributed by atoms with Gasteiger partial charge < -0.3 is 14.8 Å². The molecule has 0 atom stereocenters. The van der Waals surface area contributed by atoms with E-state index in [1.54, 1.807) is 0 Å². The Morgan fingerprint density at radius 3 is 2.41 bits per heavy atom. The van der Waals surface area contributed by atoms with Crippen molar-refractivity contribution in [1.82, 2.24) is 10.9 Å². The Hall–Kier alpha value is -3.12. The Kier molecular flexibility index (Phi) is 7.98. The van der Waals surface area contributed by atoms with Gasteiger partial charge in [-0.05, 0) is 36.5 Å². The smallest absolute Gasteiger partial charge is 0.314 e. The lowest BCUT2D eigenvalue weighted by molar-refractivity contribution is -0.385. The summed E-state index contributed by atoms with van der Waals surface area (Å²) in [6.07, 6.45) is 0. The molecule has 2 aromatic carbocycles. The molecule has 2 rings (SSSR count). The molecule has 154 valence electrons. The largest absolute Gasteiger partial charge is 0.495 e. The summed E-state index contributed by atoms with van der Waals surface area (Å²) in [7, 11) is 2.69. The number of nitro groups is 1. The SMILES string of the molecule is COc1cc([N+](=O)[O-])c(OC)cc1SCC(=O)NNC(=S)Nc1ccc(F)cc1. The lowest BCUT2D eigenvalue weighted by atomic mass is 10.3. The Morgan fingerprint density at radius 1 is 1.17 bits per heavy atom. The Labute approximate surface area is 175 Å². The van der Waals surface area contributed by atoms with Gasteiger partial charge in [0.05, 0.1) is 35.9 Å². The van der Waals surface area contributed by atoms with Crippen molar-refractivity contribution >= 4 is 46.4 Å². The van der Waals surface area contributed by atoms with Gasteiger partial charge in [0.25, 0.3) is 0 Å². The van der Waals surface area contributed by atoms with Gasteiger partial charge in [-0.1, -0.05) is 0 Å². The summed E-state index contributed by atoms with van der Waals surface area (Å²) in [5.74, 6) is -0.502. The predicted molar refractivity (Wildman–Crippen MR) is 111 cm³/mol. The number of hydrogen-bond acceptors (Lipinski definition) is 7. The van der Waals surface area contributed by atoms with Crippen LogP contribution in [0.25, 0.3) is 0 Å². The molecular weight excluding hydrogens is 423 g/mol. The number of anilines is 1. The van der Waals surface area contributed by atoms with Gasteiger partial charge in [0.1, 0.15) is 11.6 Å². The number of nitrogens with one attached hydrogen (secondary N) is 3. The Balaban J connectivity index is 1.90. The van der Waals surface area contributed by atoms with Crippen molar-refractivity contribution < 1.29 is 23.6 Å². The molecule has 0 aliphatic carbocycles. The standard InChI is InChI=1S/C17H17FN4O5S2/c1-26-13-8-15(14(27-2)7-12(13)22(24)25)29-9-16(23)20-21-17(28)19-11-5-3-10(18)4-6-11/h3-8H,9H2,1-2H3,(H,20,23)(H2,19,21,28). The van der Waals surface area contributed by atoms with Gasteiger partial charge in [-0.2, -0.15) is 0 Å². The number of carbonyl (C=O) groups excluding carboxylic acids is 1. The van der Waals surface area contributed by atoms with Crippen molar-refractivity contribution in [3.05, 3.63) is 52.3 Å². The number of thiocarbonyl (C=S) groups is 1. The molecule has 0 bridgehead atoms. The van der Waals surface area contributed by atoms with Crippen LogP contribution < -0.4 is 25.6 Å². The van der Waals surface area contributed by atoms with E-state index in [0.29, 0.717) is 10.6 Å². The zero-order valence-corrected chi connectivity index (χ0v) is 17.0. The van der Waals surface area contributed by atoms with Crippen molar-refractivity contribution in [3.63, 3.8) is 0 Å². The molecule has 0 heterocycles. The van der Waals surface area contributed by atoms with Crippen LogP contribution in [-0.2, 0) is 4.79 Å². The second kappa shape index (κ2) is 10.4. The normalized spacial score (nSPS) is 10.0. The number of carbonyl (C=O) groups is 1. The van der Waals surface area contributed by atoms with E-state index in [0.717, 1.165) is 11.8 Å². The molecule has 0 fully saturated rings. The van der Waals surface area contributed by atoms with Crippen molar-refractivity contribution in [3.8, 4) is 11.5 Å².